The molecular formula is C23H28ClNO3. The summed E-state index contributed by atoms with van der Waals surface area (Å²) in [5, 5.41) is 3.84. The normalized spacial score (nSPS) is 17.0. The van der Waals surface area contributed by atoms with Crippen molar-refractivity contribution in [3.05, 3.63) is 64.2 Å². The van der Waals surface area contributed by atoms with Crippen LogP contribution in [0.3, 0.4) is 0 Å². The molecule has 0 unspecified atom stereocenters. The molecular weight excluding hydrogens is 374 g/mol. The molecule has 0 saturated carbocycles. The van der Waals surface area contributed by atoms with E-state index in [9.17, 15) is 4.79 Å². The molecule has 1 saturated heterocycles. The second-order valence-electron chi connectivity index (χ2n) is 7.61. The van der Waals surface area contributed by atoms with Crippen LogP contribution in [0.4, 0.5) is 0 Å². The molecule has 5 heteroatoms. The van der Waals surface area contributed by atoms with E-state index in [1.54, 1.807) is 6.92 Å². The average Bonchev–Trinajstić information content (AvgIpc) is 2.71. The van der Waals surface area contributed by atoms with Crippen molar-refractivity contribution >= 4 is 17.5 Å². The summed E-state index contributed by atoms with van der Waals surface area (Å²) in [5.41, 5.74) is 3.03. The van der Waals surface area contributed by atoms with E-state index in [2.05, 4.69) is 17.4 Å². The topological polar surface area (TPSA) is 47.6 Å². The quantitative estimate of drug-likeness (QED) is 0.770. The van der Waals surface area contributed by atoms with Crippen LogP contribution in [0.5, 0.6) is 5.75 Å². The number of ether oxygens (including phenoxy) is 2. The Labute approximate surface area is 172 Å². The fourth-order valence-electron chi connectivity index (χ4n) is 3.75. The number of rotatable bonds is 6. The van der Waals surface area contributed by atoms with E-state index in [1.165, 1.54) is 5.56 Å². The minimum atomic E-state index is -0.590. The van der Waals surface area contributed by atoms with Gasteiger partial charge < -0.3 is 14.8 Å². The van der Waals surface area contributed by atoms with Crippen LogP contribution in [0.15, 0.2) is 42.5 Å². The molecule has 1 aliphatic rings. The number of hydrogen-bond donors (Lipinski definition) is 1. The summed E-state index contributed by atoms with van der Waals surface area (Å²) < 4.78 is 11.4. The standard InChI is InChI=1S/C23H28ClNO3/c1-16-13-20(14-17(2)21(16)24)28-18(3)22(26)25-15-23(9-11-27-12-10-23)19-7-5-4-6-8-19/h4-8,13-14,18H,9-12,15H2,1-3H3,(H,25,26)/t18-/m0/s1. The van der Waals surface area contributed by atoms with Gasteiger partial charge >= 0.3 is 0 Å². The monoisotopic (exact) mass is 401 g/mol. The molecule has 0 aromatic heterocycles. The lowest BCUT2D eigenvalue weighted by Crippen LogP contribution is -2.47. The maximum absolute atomic E-state index is 12.7. The van der Waals surface area contributed by atoms with Crippen LogP contribution in [0.1, 0.15) is 36.5 Å². The Kier molecular flexibility index (Phi) is 6.63. The second-order valence-corrected chi connectivity index (χ2v) is 7.99. The number of hydrogen-bond acceptors (Lipinski definition) is 3. The van der Waals surface area contributed by atoms with Crippen LogP contribution in [-0.2, 0) is 14.9 Å². The summed E-state index contributed by atoms with van der Waals surface area (Å²) in [4.78, 5) is 12.7. The maximum atomic E-state index is 12.7. The molecule has 4 nitrogen and oxygen atoms in total. The Morgan fingerprint density at radius 3 is 2.39 bits per heavy atom. The smallest absolute Gasteiger partial charge is 0.260 e. The van der Waals surface area contributed by atoms with Crippen molar-refractivity contribution in [3.63, 3.8) is 0 Å². The molecule has 28 heavy (non-hydrogen) atoms. The van der Waals surface area contributed by atoms with Crippen molar-refractivity contribution in [1.82, 2.24) is 5.32 Å². The van der Waals surface area contributed by atoms with Crippen molar-refractivity contribution in [1.29, 1.82) is 0 Å². The Bertz CT molecular complexity index is 793. The SMILES string of the molecule is Cc1cc(O[C@@H](C)C(=O)NCC2(c3ccccc3)CCOCC2)cc(C)c1Cl. The first kappa shape index (κ1) is 20.7. The number of carbonyl (C=O) groups is 1. The first-order valence-electron chi connectivity index (χ1n) is 9.76. The lowest BCUT2D eigenvalue weighted by Gasteiger charge is -2.38. The van der Waals surface area contributed by atoms with Gasteiger partial charge in [-0.05, 0) is 62.4 Å². The van der Waals surface area contributed by atoms with Gasteiger partial charge in [0.1, 0.15) is 5.75 Å². The van der Waals surface area contributed by atoms with E-state index in [0.29, 0.717) is 25.5 Å². The van der Waals surface area contributed by atoms with Gasteiger partial charge in [-0.25, -0.2) is 0 Å². The Morgan fingerprint density at radius 2 is 1.79 bits per heavy atom. The Morgan fingerprint density at radius 1 is 1.18 bits per heavy atom. The molecule has 3 rings (SSSR count). The molecule has 1 fully saturated rings. The van der Waals surface area contributed by atoms with Crippen LogP contribution in [0.25, 0.3) is 0 Å². The zero-order valence-corrected chi connectivity index (χ0v) is 17.5. The van der Waals surface area contributed by atoms with Gasteiger partial charge in [0.15, 0.2) is 6.10 Å². The van der Waals surface area contributed by atoms with Gasteiger partial charge in [-0.1, -0.05) is 41.9 Å². The van der Waals surface area contributed by atoms with Crippen LogP contribution < -0.4 is 10.1 Å². The summed E-state index contributed by atoms with van der Waals surface area (Å²) in [6, 6.07) is 14.1. The van der Waals surface area contributed by atoms with E-state index in [-0.39, 0.29) is 11.3 Å². The predicted octanol–water partition coefficient (Wildman–Crippen LogP) is 4.59. The predicted molar refractivity (Wildman–Crippen MR) is 112 cm³/mol. The number of halogens is 1. The van der Waals surface area contributed by atoms with Gasteiger partial charge in [0.25, 0.3) is 5.91 Å². The van der Waals surface area contributed by atoms with Crippen LogP contribution in [-0.4, -0.2) is 31.8 Å². The zero-order chi connectivity index (χ0) is 20.1. The van der Waals surface area contributed by atoms with E-state index in [0.717, 1.165) is 29.0 Å². The molecule has 1 amide bonds. The molecule has 1 N–H and O–H groups in total. The lowest BCUT2D eigenvalue weighted by atomic mass is 9.74. The second kappa shape index (κ2) is 8.97. The molecule has 0 radical (unpaired) electrons. The van der Waals surface area contributed by atoms with Gasteiger partial charge in [-0.2, -0.15) is 0 Å². The maximum Gasteiger partial charge on any atom is 0.260 e. The molecule has 0 aliphatic carbocycles. The van der Waals surface area contributed by atoms with Gasteiger partial charge in [0, 0.05) is 30.2 Å². The summed E-state index contributed by atoms with van der Waals surface area (Å²) in [5.74, 6) is 0.540. The molecule has 1 heterocycles. The zero-order valence-electron chi connectivity index (χ0n) is 16.8. The Hall–Kier alpha value is -2.04. The largest absolute Gasteiger partial charge is 0.481 e. The van der Waals surface area contributed by atoms with Crippen molar-refractivity contribution < 1.29 is 14.3 Å². The highest BCUT2D eigenvalue weighted by atomic mass is 35.5. The van der Waals surface area contributed by atoms with Gasteiger partial charge in [0.2, 0.25) is 0 Å². The van der Waals surface area contributed by atoms with E-state index < -0.39 is 6.10 Å². The van der Waals surface area contributed by atoms with Crippen molar-refractivity contribution in [2.24, 2.45) is 0 Å². The van der Waals surface area contributed by atoms with E-state index in [4.69, 9.17) is 21.1 Å². The Balaban J connectivity index is 1.66. The highest BCUT2D eigenvalue weighted by molar-refractivity contribution is 6.32. The highest BCUT2D eigenvalue weighted by Crippen LogP contribution is 2.34. The number of amides is 1. The third-order valence-electron chi connectivity index (χ3n) is 5.53. The van der Waals surface area contributed by atoms with Crippen LogP contribution >= 0.6 is 11.6 Å². The first-order valence-corrected chi connectivity index (χ1v) is 10.1. The minimum Gasteiger partial charge on any atom is -0.481 e. The number of benzene rings is 2. The minimum absolute atomic E-state index is 0.0949. The summed E-state index contributed by atoms with van der Waals surface area (Å²) in [6.45, 7) is 7.63. The molecule has 2 aromatic rings. The molecule has 2 aromatic carbocycles. The van der Waals surface area contributed by atoms with Crippen molar-refractivity contribution in [3.8, 4) is 5.75 Å². The van der Waals surface area contributed by atoms with Crippen LogP contribution in [0, 0.1) is 13.8 Å². The summed E-state index contributed by atoms with van der Waals surface area (Å²) in [6.07, 6.45) is 1.19. The molecule has 1 aliphatic heterocycles. The van der Waals surface area contributed by atoms with Gasteiger partial charge in [0.05, 0.1) is 0 Å². The molecule has 150 valence electrons. The van der Waals surface area contributed by atoms with Crippen LogP contribution in [0.2, 0.25) is 5.02 Å². The molecule has 0 spiro atoms. The molecule has 0 bridgehead atoms. The van der Waals surface area contributed by atoms with Gasteiger partial charge in [-0.15, -0.1) is 0 Å². The fourth-order valence-corrected chi connectivity index (χ4v) is 3.86. The lowest BCUT2D eigenvalue weighted by molar-refractivity contribution is -0.127. The fraction of sp³-hybridized carbons (Fsp3) is 0.435. The average molecular weight is 402 g/mol. The number of nitrogens with one attached hydrogen (secondary N) is 1. The van der Waals surface area contributed by atoms with Crippen molar-refractivity contribution in [2.45, 2.75) is 45.1 Å². The third-order valence-corrected chi connectivity index (χ3v) is 6.13. The van der Waals surface area contributed by atoms with E-state index >= 15 is 0 Å². The number of aryl methyl sites for hydroxylation is 2. The highest BCUT2D eigenvalue weighted by Gasteiger charge is 2.35. The molecule has 1 atom stereocenters. The summed E-state index contributed by atoms with van der Waals surface area (Å²) in [7, 11) is 0. The first-order chi connectivity index (χ1) is 13.4. The van der Waals surface area contributed by atoms with E-state index in [1.807, 2.05) is 44.2 Å². The number of carbonyl (C=O) groups excluding carboxylic acids is 1. The summed E-state index contributed by atoms with van der Waals surface area (Å²) >= 11 is 6.21. The van der Waals surface area contributed by atoms with Gasteiger partial charge in [-0.3, -0.25) is 4.79 Å². The van der Waals surface area contributed by atoms with Crippen molar-refractivity contribution in [2.75, 3.05) is 19.8 Å². The third kappa shape index (κ3) is 4.68.